The van der Waals surface area contributed by atoms with E-state index in [9.17, 15) is 9.59 Å². The van der Waals surface area contributed by atoms with Crippen LogP contribution in [0.15, 0.2) is 54.6 Å². The number of aromatic carboxylic acids is 1. The lowest BCUT2D eigenvalue weighted by atomic mass is 10.1. The van der Waals surface area contributed by atoms with Gasteiger partial charge in [-0.05, 0) is 37.1 Å². The number of nitrogens with zero attached hydrogens (tertiary/aromatic N) is 2. The molecule has 144 valence electrons. The van der Waals surface area contributed by atoms with Crippen molar-refractivity contribution in [2.45, 2.75) is 27.0 Å². The first-order valence-corrected chi connectivity index (χ1v) is 8.78. The highest BCUT2D eigenvalue weighted by atomic mass is 16.5. The minimum atomic E-state index is -0.973. The van der Waals surface area contributed by atoms with E-state index in [1.165, 1.54) is 0 Å². The van der Waals surface area contributed by atoms with E-state index in [2.05, 4.69) is 10.4 Å². The fraction of sp³-hybridized carbons (Fsp3) is 0.190. The lowest BCUT2D eigenvalue weighted by Gasteiger charge is -2.09. The van der Waals surface area contributed by atoms with Crippen molar-refractivity contribution < 1.29 is 19.4 Å². The summed E-state index contributed by atoms with van der Waals surface area (Å²) < 4.78 is 6.98. The van der Waals surface area contributed by atoms with Crippen LogP contribution < -0.4 is 5.32 Å². The van der Waals surface area contributed by atoms with Gasteiger partial charge in [0.2, 0.25) is 0 Å². The third-order valence-corrected chi connectivity index (χ3v) is 4.33. The quantitative estimate of drug-likeness (QED) is 0.675. The van der Waals surface area contributed by atoms with Gasteiger partial charge in [-0.25, -0.2) is 9.59 Å². The first-order chi connectivity index (χ1) is 13.4. The molecule has 0 radical (unpaired) electrons. The average Bonchev–Trinajstić information content (AvgIpc) is 2.95. The molecule has 0 atom stereocenters. The molecule has 0 fully saturated rings. The van der Waals surface area contributed by atoms with Gasteiger partial charge in [-0.2, -0.15) is 5.10 Å². The van der Waals surface area contributed by atoms with Crippen molar-refractivity contribution >= 4 is 17.7 Å². The van der Waals surface area contributed by atoms with Gasteiger partial charge in [0.1, 0.15) is 6.61 Å². The Hall–Kier alpha value is -3.61. The first-order valence-electron chi connectivity index (χ1n) is 8.78. The highest BCUT2D eigenvalue weighted by Crippen LogP contribution is 2.21. The average molecular weight is 379 g/mol. The van der Waals surface area contributed by atoms with Crippen LogP contribution in [-0.2, 0) is 17.9 Å². The number of carboxylic acid groups (broad SMARTS) is 1. The molecule has 0 bridgehead atoms. The van der Waals surface area contributed by atoms with E-state index < -0.39 is 12.1 Å². The standard InChI is InChI=1S/C21H21N3O4/c1-14-19(22-21(27)28-13-16-7-4-3-5-8-16)15(2)24(23-14)12-17-9-6-10-18(11-17)20(25)26/h3-11H,12-13H2,1-2H3,(H,22,27)(H,25,26). The highest BCUT2D eigenvalue weighted by Gasteiger charge is 2.15. The zero-order chi connectivity index (χ0) is 20.1. The molecule has 7 heteroatoms. The van der Waals surface area contributed by atoms with Gasteiger partial charge in [0.05, 0.1) is 29.2 Å². The zero-order valence-electron chi connectivity index (χ0n) is 15.7. The van der Waals surface area contributed by atoms with Crippen LogP contribution >= 0.6 is 0 Å². The number of aryl methyl sites for hydroxylation is 1. The zero-order valence-corrected chi connectivity index (χ0v) is 15.7. The smallest absolute Gasteiger partial charge is 0.412 e. The lowest BCUT2D eigenvalue weighted by molar-refractivity contribution is 0.0696. The number of benzene rings is 2. The van der Waals surface area contributed by atoms with Crippen LogP contribution in [0.5, 0.6) is 0 Å². The molecule has 3 rings (SSSR count). The third kappa shape index (κ3) is 4.56. The van der Waals surface area contributed by atoms with E-state index in [0.29, 0.717) is 17.9 Å². The van der Waals surface area contributed by atoms with Crippen LogP contribution in [0, 0.1) is 13.8 Å². The minimum absolute atomic E-state index is 0.181. The number of anilines is 1. The molecular weight excluding hydrogens is 358 g/mol. The maximum atomic E-state index is 12.1. The number of carboxylic acids is 1. The van der Waals surface area contributed by atoms with E-state index in [1.807, 2.05) is 43.3 Å². The molecule has 3 aromatic rings. The fourth-order valence-corrected chi connectivity index (χ4v) is 2.87. The topological polar surface area (TPSA) is 93.5 Å². The largest absolute Gasteiger partial charge is 0.478 e. The van der Waals surface area contributed by atoms with Crippen LogP contribution in [0.2, 0.25) is 0 Å². The second kappa shape index (κ2) is 8.39. The Kier molecular flexibility index (Phi) is 5.74. The molecule has 7 nitrogen and oxygen atoms in total. The summed E-state index contributed by atoms with van der Waals surface area (Å²) in [5, 5.41) is 16.3. The Morgan fingerprint density at radius 3 is 2.50 bits per heavy atom. The van der Waals surface area contributed by atoms with E-state index in [0.717, 1.165) is 16.8 Å². The Balaban J connectivity index is 1.68. The summed E-state index contributed by atoms with van der Waals surface area (Å²) in [5.74, 6) is -0.973. The van der Waals surface area contributed by atoms with E-state index in [-0.39, 0.29) is 12.2 Å². The second-order valence-electron chi connectivity index (χ2n) is 6.40. The number of hydrogen-bond acceptors (Lipinski definition) is 4. The molecule has 1 aromatic heterocycles. The number of aromatic nitrogens is 2. The molecule has 0 spiro atoms. The predicted molar refractivity (Wildman–Crippen MR) is 104 cm³/mol. The summed E-state index contributed by atoms with van der Waals surface area (Å²) in [7, 11) is 0. The van der Waals surface area contributed by atoms with Crippen LogP contribution in [0.1, 0.15) is 32.9 Å². The van der Waals surface area contributed by atoms with Gasteiger partial charge in [-0.3, -0.25) is 10.00 Å². The van der Waals surface area contributed by atoms with Crippen molar-refractivity contribution in [1.82, 2.24) is 9.78 Å². The molecule has 0 saturated carbocycles. The molecule has 2 N–H and O–H groups in total. The molecule has 1 heterocycles. The van der Waals surface area contributed by atoms with Gasteiger partial charge >= 0.3 is 12.1 Å². The molecule has 0 saturated heterocycles. The monoisotopic (exact) mass is 379 g/mol. The van der Waals surface area contributed by atoms with Crippen molar-refractivity contribution in [2.24, 2.45) is 0 Å². The van der Waals surface area contributed by atoms with Crippen molar-refractivity contribution in [2.75, 3.05) is 5.32 Å². The number of amides is 1. The van der Waals surface area contributed by atoms with E-state index >= 15 is 0 Å². The van der Waals surface area contributed by atoms with Crippen molar-refractivity contribution in [3.05, 3.63) is 82.7 Å². The SMILES string of the molecule is Cc1nn(Cc2cccc(C(=O)O)c2)c(C)c1NC(=O)OCc1ccccc1. The molecule has 2 aromatic carbocycles. The van der Waals surface area contributed by atoms with Crippen molar-refractivity contribution in [3.8, 4) is 0 Å². The lowest BCUT2D eigenvalue weighted by Crippen LogP contribution is -2.14. The first kappa shape index (κ1) is 19.2. The summed E-state index contributed by atoms with van der Waals surface area (Å²) in [4.78, 5) is 23.3. The van der Waals surface area contributed by atoms with Crippen molar-refractivity contribution in [1.29, 1.82) is 0 Å². The van der Waals surface area contributed by atoms with Gasteiger partial charge in [0, 0.05) is 0 Å². The summed E-state index contributed by atoms with van der Waals surface area (Å²) in [5.41, 5.74) is 3.94. The number of hydrogen-bond donors (Lipinski definition) is 2. The normalized spacial score (nSPS) is 10.5. The maximum Gasteiger partial charge on any atom is 0.412 e. The van der Waals surface area contributed by atoms with Gasteiger partial charge in [-0.1, -0.05) is 42.5 Å². The van der Waals surface area contributed by atoms with Crippen LogP contribution in [0.25, 0.3) is 0 Å². The number of rotatable bonds is 6. The Bertz CT molecular complexity index is 996. The number of ether oxygens (including phenoxy) is 1. The minimum Gasteiger partial charge on any atom is -0.478 e. The van der Waals surface area contributed by atoms with E-state index in [1.54, 1.807) is 29.8 Å². The van der Waals surface area contributed by atoms with Crippen molar-refractivity contribution in [3.63, 3.8) is 0 Å². The second-order valence-corrected chi connectivity index (χ2v) is 6.40. The molecular formula is C21H21N3O4. The van der Waals surface area contributed by atoms with Gasteiger partial charge in [-0.15, -0.1) is 0 Å². The molecule has 28 heavy (non-hydrogen) atoms. The van der Waals surface area contributed by atoms with Gasteiger partial charge < -0.3 is 9.84 Å². The Morgan fingerprint density at radius 1 is 1.07 bits per heavy atom. The highest BCUT2D eigenvalue weighted by molar-refractivity contribution is 5.87. The molecule has 1 amide bonds. The molecule has 0 aliphatic heterocycles. The number of carbonyl (C=O) groups is 2. The summed E-state index contributed by atoms with van der Waals surface area (Å²) in [6, 6.07) is 16.1. The summed E-state index contributed by atoms with van der Waals surface area (Å²) >= 11 is 0. The van der Waals surface area contributed by atoms with Crippen LogP contribution in [0.4, 0.5) is 10.5 Å². The maximum absolute atomic E-state index is 12.1. The Morgan fingerprint density at radius 2 is 1.79 bits per heavy atom. The molecule has 0 aliphatic carbocycles. The molecule has 0 aliphatic rings. The summed E-state index contributed by atoms with van der Waals surface area (Å²) in [6.07, 6.45) is -0.553. The van der Waals surface area contributed by atoms with Gasteiger partial charge in [0.15, 0.2) is 0 Å². The summed E-state index contributed by atoms with van der Waals surface area (Å²) in [6.45, 7) is 4.22. The predicted octanol–water partition coefficient (Wildman–Crippen LogP) is 4.00. The number of carbonyl (C=O) groups excluding carboxylic acids is 1. The van der Waals surface area contributed by atoms with Crippen LogP contribution in [-0.4, -0.2) is 26.9 Å². The third-order valence-electron chi connectivity index (χ3n) is 4.33. The van der Waals surface area contributed by atoms with Gasteiger partial charge in [0.25, 0.3) is 0 Å². The fourth-order valence-electron chi connectivity index (χ4n) is 2.87. The Labute approximate surface area is 162 Å². The van der Waals surface area contributed by atoms with Crippen LogP contribution in [0.3, 0.4) is 0 Å². The molecule has 0 unspecified atom stereocenters. The van der Waals surface area contributed by atoms with E-state index in [4.69, 9.17) is 9.84 Å². The number of nitrogens with one attached hydrogen (secondary N) is 1.